The predicted octanol–water partition coefficient (Wildman–Crippen LogP) is 4.50. The van der Waals surface area contributed by atoms with E-state index in [0.717, 1.165) is 16.3 Å². The van der Waals surface area contributed by atoms with E-state index in [-0.39, 0.29) is 5.92 Å². The van der Waals surface area contributed by atoms with Crippen LogP contribution in [-0.4, -0.2) is 25.1 Å². The number of nitrogens with zero attached hydrogens (tertiary/aromatic N) is 1. The lowest BCUT2D eigenvalue weighted by Crippen LogP contribution is -2.49. The van der Waals surface area contributed by atoms with Gasteiger partial charge in [0.2, 0.25) is 11.4 Å². The molecule has 0 aliphatic carbocycles. The summed E-state index contributed by atoms with van der Waals surface area (Å²) in [6.07, 6.45) is 1.36. The molecule has 0 radical (unpaired) electrons. The Morgan fingerprint density at radius 2 is 1.89 bits per heavy atom. The number of rotatable bonds is 4. The van der Waals surface area contributed by atoms with E-state index in [0.29, 0.717) is 18.1 Å². The zero-order valence-electron chi connectivity index (χ0n) is 16.2. The summed E-state index contributed by atoms with van der Waals surface area (Å²) >= 11 is 0. The quantitative estimate of drug-likeness (QED) is 0.628. The molecule has 4 rings (SSSR count). The van der Waals surface area contributed by atoms with Crippen LogP contribution in [0.1, 0.15) is 25.2 Å². The number of carbonyl (C=O) groups is 1. The molecule has 144 valence electrons. The molecule has 0 bridgehead atoms. The second-order valence-corrected chi connectivity index (χ2v) is 7.42. The number of hydrogen-bond donors (Lipinski definition) is 0. The summed E-state index contributed by atoms with van der Waals surface area (Å²) in [6, 6.07) is 17.8. The lowest BCUT2D eigenvalue weighted by molar-refractivity contribution is -0.158. The standard InChI is InChI=1S/C23H23NO4/c1-15(2)20-21(26-3)24-23(22(25)28-20,19-9-6-12-27-19)14-16-10-11-17-7-4-5-8-18(17)13-16/h4-13,15,20H,14H2,1-3H3/t20-,23+/m0/s1. The zero-order chi connectivity index (χ0) is 19.7. The third-order valence-corrected chi connectivity index (χ3v) is 5.13. The van der Waals surface area contributed by atoms with Crippen molar-refractivity contribution in [1.29, 1.82) is 0 Å². The zero-order valence-corrected chi connectivity index (χ0v) is 16.2. The summed E-state index contributed by atoms with van der Waals surface area (Å²) < 4.78 is 16.9. The van der Waals surface area contributed by atoms with Crippen LogP contribution in [0, 0.1) is 5.92 Å². The van der Waals surface area contributed by atoms with Crippen molar-refractivity contribution in [2.45, 2.75) is 31.9 Å². The molecule has 28 heavy (non-hydrogen) atoms. The van der Waals surface area contributed by atoms with E-state index >= 15 is 0 Å². The Morgan fingerprint density at radius 1 is 1.11 bits per heavy atom. The Hall–Kier alpha value is -3.08. The molecule has 1 aliphatic rings. The predicted molar refractivity (Wildman–Crippen MR) is 107 cm³/mol. The van der Waals surface area contributed by atoms with Gasteiger partial charge in [0, 0.05) is 6.42 Å². The number of furan rings is 1. The van der Waals surface area contributed by atoms with E-state index in [4.69, 9.17) is 18.9 Å². The van der Waals surface area contributed by atoms with Gasteiger partial charge in [-0.25, -0.2) is 9.79 Å². The van der Waals surface area contributed by atoms with Crippen LogP contribution in [0.15, 0.2) is 70.3 Å². The van der Waals surface area contributed by atoms with Crippen molar-refractivity contribution in [3.8, 4) is 0 Å². The average Bonchev–Trinajstić information content (AvgIpc) is 3.24. The monoisotopic (exact) mass is 377 g/mol. The average molecular weight is 377 g/mol. The van der Waals surface area contributed by atoms with Crippen LogP contribution in [-0.2, 0) is 26.2 Å². The minimum absolute atomic E-state index is 0.0536. The second kappa shape index (κ2) is 7.15. The van der Waals surface area contributed by atoms with Crippen LogP contribution < -0.4 is 0 Å². The van der Waals surface area contributed by atoms with Gasteiger partial charge in [0.25, 0.3) is 0 Å². The molecule has 0 N–H and O–H groups in total. The third-order valence-electron chi connectivity index (χ3n) is 5.13. The number of esters is 1. The highest BCUT2D eigenvalue weighted by molar-refractivity contribution is 5.94. The minimum atomic E-state index is -1.30. The third kappa shape index (κ3) is 3.07. The molecule has 0 amide bonds. The largest absolute Gasteiger partial charge is 0.482 e. The van der Waals surface area contributed by atoms with Crippen molar-refractivity contribution in [3.05, 3.63) is 72.2 Å². The van der Waals surface area contributed by atoms with Crippen LogP contribution in [0.5, 0.6) is 0 Å². The van der Waals surface area contributed by atoms with E-state index < -0.39 is 17.6 Å². The summed E-state index contributed by atoms with van der Waals surface area (Å²) in [6.45, 7) is 3.94. The molecule has 0 fully saturated rings. The van der Waals surface area contributed by atoms with Crippen molar-refractivity contribution in [2.24, 2.45) is 10.9 Å². The van der Waals surface area contributed by atoms with Crippen LogP contribution >= 0.6 is 0 Å². The molecule has 0 saturated carbocycles. The number of carbonyl (C=O) groups excluding carboxylic acids is 1. The Kier molecular flexibility index (Phi) is 4.67. The van der Waals surface area contributed by atoms with Gasteiger partial charge < -0.3 is 13.9 Å². The highest BCUT2D eigenvalue weighted by Gasteiger charge is 2.51. The van der Waals surface area contributed by atoms with Crippen molar-refractivity contribution in [2.75, 3.05) is 7.11 Å². The molecule has 0 unspecified atom stereocenters. The molecule has 1 aromatic heterocycles. The van der Waals surface area contributed by atoms with Gasteiger partial charge in [0.05, 0.1) is 13.4 Å². The van der Waals surface area contributed by atoms with Gasteiger partial charge in [0.15, 0.2) is 6.10 Å². The lowest BCUT2D eigenvalue weighted by atomic mass is 9.86. The molecular weight excluding hydrogens is 354 g/mol. The van der Waals surface area contributed by atoms with Crippen LogP contribution in [0.3, 0.4) is 0 Å². The van der Waals surface area contributed by atoms with Crippen LogP contribution in [0.4, 0.5) is 0 Å². The van der Waals surface area contributed by atoms with E-state index in [1.807, 2.05) is 38.1 Å². The van der Waals surface area contributed by atoms with E-state index in [2.05, 4.69) is 18.2 Å². The molecule has 0 spiro atoms. The second-order valence-electron chi connectivity index (χ2n) is 7.42. The summed E-state index contributed by atoms with van der Waals surface area (Å²) in [7, 11) is 1.55. The summed E-state index contributed by atoms with van der Waals surface area (Å²) in [5.41, 5.74) is -0.336. The Bertz CT molecular complexity index is 1020. The van der Waals surface area contributed by atoms with Gasteiger partial charge in [-0.3, -0.25) is 0 Å². The fourth-order valence-corrected chi connectivity index (χ4v) is 3.66. The normalized spacial score (nSPS) is 22.2. The first kappa shape index (κ1) is 18.3. The Balaban J connectivity index is 1.83. The lowest BCUT2D eigenvalue weighted by Gasteiger charge is -2.35. The molecular formula is C23H23NO4. The van der Waals surface area contributed by atoms with E-state index in [1.165, 1.54) is 0 Å². The molecule has 0 saturated heterocycles. The van der Waals surface area contributed by atoms with Gasteiger partial charge in [-0.05, 0) is 34.4 Å². The molecule has 2 atom stereocenters. The smallest absolute Gasteiger partial charge is 0.343 e. The Morgan fingerprint density at radius 3 is 2.57 bits per heavy atom. The highest BCUT2D eigenvalue weighted by atomic mass is 16.6. The minimum Gasteiger partial charge on any atom is -0.482 e. The molecule has 5 heteroatoms. The van der Waals surface area contributed by atoms with Crippen molar-refractivity contribution >= 4 is 22.6 Å². The topological polar surface area (TPSA) is 61.0 Å². The number of fused-ring (bicyclic) bond motifs is 1. The number of cyclic esters (lactones) is 1. The number of hydrogen-bond acceptors (Lipinski definition) is 5. The molecule has 5 nitrogen and oxygen atoms in total. The number of ether oxygens (including phenoxy) is 2. The van der Waals surface area contributed by atoms with Crippen LogP contribution in [0.25, 0.3) is 10.8 Å². The molecule has 2 heterocycles. The van der Waals surface area contributed by atoms with Gasteiger partial charge in [-0.1, -0.05) is 56.3 Å². The van der Waals surface area contributed by atoms with Gasteiger partial charge in [-0.2, -0.15) is 0 Å². The van der Waals surface area contributed by atoms with Crippen molar-refractivity contribution < 1.29 is 18.7 Å². The summed E-state index contributed by atoms with van der Waals surface area (Å²) in [5, 5.41) is 2.25. The van der Waals surface area contributed by atoms with E-state index in [9.17, 15) is 4.79 Å². The SMILES string of the molecule is COC1=N[C@](Cc2ccc3ccccc3c2)(c2ccco2)C(=O)O[C@H]1C(C)C. The maximum atomic E-state index is 13.2. The molecule has 1 aliphatic heterocycles. The number of methoxy groups -OCH3 is 1. The maximum absolute atomic E-state index is 13.2. The molecule has 3 aromatic rings. The highest BCUT2D eigenvalue weighted by Crippen LogP contribution is 2.37. The van der Waals surface area contributed by atoms with E-state index in [1.54, 1.807) is 25.5 Å². The first-order valence-corrected chi connectivity index (χ1v) is 9.40. The Labute approximate surface area is 164 Å². The first-order chi connectivity index (χ1) is 13.5. The number of aliphatic imine (C=N–C) groups is 1. The van der Waals surface area contributed by atoms with Crippen molar-refractivity contribution in [1.82, 2.24) is 0 Å². The molecule has 2 aromatic carbocycles. The van der Waals surface area contributed by atoms with Crippen LogP contribution in [0.2, 0.25) is 0 Å². The summed E-state index contributed by atoms with van der Waals surface area (Å²) in [5.74, 6) is 0.488. The van der Waals surface area contributed by atoms with Gasteiger partial charge in [0.1, 0.15) is 5.76 Å². The van der Waals surface area contributed by atoms with Gasteiger partial charge >= 0.3 is 5.97 Å². The fraction of sp³-hybridized carbons (Fsp3) is 0.304. The summed E-state index contributed by atoms with van der Waals surface area (Å²) in [4.78, 5) is 18.0. The maximum Gasteiger partial charge on any atom is 0.343 e. The van der Waals surface area contributed by atoms with Crippen molar-refractivity contribution in [3.63, 3.8) is 0 Å². The fourth-order valence-electron chi connectivity index (χ4n) is 3.66. The first-order valence-electron chi connectivity index (χ1n) is 9.40. The number of benzene rings is 2. The van der Waals surface area contributed by atoms with Gasteiger partial charge in [-0.15, -0.1) is 0 Å².